The number of ether oxygens (including phenoxy) is 1. The number of benzene rings is 1. The summed E-state index contributed by atoms with van der Waals surface area (Å²) in [6.45, 7) is 0. The van der Waals surface area contributed by atoms with Crippen LogP contribution < -0.4 is 4.74 Å². The monoisotopic (exact) mass is 218 g/mol. The van der Waals surface area contributed by atoms with E-state index in [1.807, 2.05) is 24.3 Å². The Hall–Kier alpha value is -1.31. The number of carbonyl (C=O) groups excluding carboxylic acids is 1. The van der Waals surface area contributed by atoms with Gasteiger partial charge in [0.2, 0.25) is 0 Å². The van der Waals surface area contributed by atoms with Gasteiger partial charge in [0.05, 0.1) is 6.10 Å². The van der Waals surface area contributed by atoms with E-state index in [9.17, 15) is 4.79 Å². The largest absolute Gasteiger partial charge is 0.490 e. The van der Waals surface area contributed by atoms with Crippen molar-refractivity contribution in [2.45, 2.75) is 44.6 Å². The van der Waals surface area contributed by atoms with Crippen LogP contribution in [-0.2, 0) is 11.2 Å². The lowest BCUT2D eigenvalue weighted by atomic mass is 10.1. The minimum atomic E-state index is 0.417. The third-order valence-corrected chi connectivity index (χ3v) is 3.08. The molecule has 1 aromatic carbocycles. The summed E-state index contributed by atoms with van der Waals surface area (Å²) in [5.41, 5.74) is 1.20. The molecular weight excluding hydrogens is 200 g/mol. The fourth-order valence-corrected chi connectivity index (χ4v) is 2.16. The van der Waals surface area contributed by atoms with E-state index in [0.29, 0.717) is 12.5 Å². The van der Waals surface area contributed by atoms with Crippen molar-refractivity contribution in [1.82, 2.24) is 0 Å². The smallest absolute Gasteiger partial charge is 0.120 e. The van der Waals surface area contributed by atoms with Gasteiger partial charge in [-0.05, 0) is 49.8 Å². The third-order valence-electron chi connectivity index (χ3n) is 3.08. The molecule has 0 heterocycles. The molecule has 16 heavy (non-hydrogen) atoms. The molecule has 0 spiro atoms. The molecule has 1 fully saturated rings. The summed E-state index contributed by atoms with van der Waals surface area (Å²) in [5.74, 6) is 0.960. The molecule has 2 heteroatoms. The van der Waals surface area contributed by atoms with Crippen molar-refractivity contribution in [3.63, 3.8) is 0 Å². The van der Waals surface area contributed by atoms with Gasteiger partial charge in [0, 0.05) is 6.42 Å². The van der Waals surface area contributed by atoms with Gasteiger partial charge in [-0.1, -0.05) is 12.1 Å². The summed E-state index contributed by atoms with van der Waals surface area (Å²) in [7, 11) is 0. The van der Waals surface area contributed by atoms with E-state index >= 15 is 0 Å². The van der Waals surface area contributed by atoms with Crippen molar-refractivity contribution in [3.8, 4) is 5.75 Å². The summed E-state index contributed by atoms with van der Waals surface area (Å²) < 4.78 is 5.87. The Labute approximate surface area is 96.6 Å². The van der Waals surface area contributed by atoms with E-state index < -0.39 is 0 Å². The van der Waals surface area contributed by atoms with E-state index in [4.69, 9.17) is 4.74 Å². The van der Waals surface area contributed by atoms with E-state index in [1.165, 1.54) is 31.2 Å². The highest BCUT2D eigenvalue weighted by molar-refractivity contribution is 5.50. The fourth-order valence-electron chi connectivity index (χ4n) is 2.16. The topological polar surface area (TPSA) is 26.3 Å². The van der Waals surface area contributed by atoms with Gasteiger partial charge < -0.3 is 9.53 Å². The molecule has 2 rings (SSSR count). The van der Waals surface area contributed by atoms with Crippen LogP contribution in [0.25, 0.3) is 0 Å². The molecule has 0 saturated heterocycles. The van der Waals surface area contributed by atoms with Crippen LogP contribution in [-0.4, -0.2) is 12.4 Å². The summed E-state index contributed by atoms with van der Waals surface area (Å²) in [6.07, 6.45) is 7.77. The highest BCUT2D eigenvalue weighted by Gasteiger charge is 2.16. The summed E-state index contributed by atoms with van der Waals surface area (Å²) in [4.78, 5) is 10.3. The van der Waals surface area contributed by atoms with E-state index in [0.717, 1.165) is 18.5 Å². The molecule has 1 aromatic rings. The van der Waals surface area contributed by atoms with Gasteiger partial charge in [0.25, 0.3) is 0 Å². The van der Waals surface area contributed by atoms with Crippen LogP contribution in [0, 0.1) is 0 Å². The maximum Gasteiger partial charge on any atom is 0.120 e. The fraction of sp³-hybridized carbons (Fsp3) is 0.500. The SMILES string of the molecule is O=CCCc1ccc(OC2CCCC2)cc1. The molecule has 0 aliphatic heterocycles. The average Bonchev–Trinajstić information content (AvgIpc) is 2.81. The lowest BCUT2D eigenvalue weighted by Crippen LogP contribution is -2.10. The second-order valence-electron chi connectivity index (χ2n) is 4.37. The van der Waals surface area contributed by atoms with Crippen LogP contribution in [0.5, 0.6) is 5.75 Å². The molecule has 0 radical (unpaired) electrons. The number of aryl methyl sites for hydroxylation is 1. The van der Waals surface area contributed by atoms with Crippen molar-refractivity contribution in [2.24, 2.45) is 0 Å². The van der Waals surface area contributed by atoms with Crippen molar-refractivity contribution in [3.05, 3.63) is 29.8 Å². The Morgan fingerprint density at radius 2 is 1.88 bits per heavy atom. The quantitative estimate of drug-likeness (QED) is 0.710. The minimum Gasteiger partial charge on any atom is -0.490 e. The van der Waals surface area contributed by atoms with Gasteiger partial charge in [-0.15, -0.1) is 0 Å². The molecule has 0 unspecified atom stereocenters. The molecule has 1 saturated carbocycles. The average molecular weight is 218 g/mol. The Balaban J connectivity index is 1.88. The molecule has 0 bridgehead atoms. The van der Waals surface area contributed by atoms with Gasteiger partial charge in [-0.25, -0.2) is 0 Å². The van der Waals surface area contributed by atoms with Crippen molar-refractivity contribution in [1.29, 1.82) is 0 Å². The number of carbonyl (C=O) groups is 1. The first-order chi connectivity index (χ1) is 7.88. The Kier molecular flexibility index (Phi) is 3.97. The van der Waals surface area contributed by atoms with Crippen LogP contribution in [0.3, 0.4) is 0 Å². The zero-order valence-electron chi connectivity index (χ0n) is 9.52. The van der Waals surface area contributed by atoms with Crippen LogP contribution in [0.1, 0.15) is 37.7 Å². The normalized spacial score (nSPS) is 16.2. The molecule has 0 atom stereocenters. The first-order valence-electron chi connectivity index (χ1n) is 6.08. The Morgan fingerprint density at radius 1 is 1.19 bits per heavy atom. The number of hydrogen-bond donors (Lipinski definition) is 0. The van der Waals surface area contributed by atoms with Crippen molar-refractivity contribution >= 4 is 6.29 Å². The summed E-state index contributed by atoms with van der Waals surface area (Å²) >= 11 is 0. The van der Waals surface area contributed by atoms with Gasteiger partial charge in [-0.2, -0.15) is 0 Å². The zero-order valence-corrected chi connectivity index (χ0v) is 9.52. The molecule has 2 nitrogen and oxygen atoms in total. The third kappa shape index (κ3) is 3.09. The standard InChI is InChI=1S/C14H18O2/c15-11-3-4-12-7-9-14(10-8-12)16-13-5-1-2-6-13/h7-11,13H,1-6H2. The predicted octanol–water partition coefficient (Wildman–Crippen LogP) is 3.14. The maximum atomic E-state index is 10.3. The zero-order chi connectivity index (χ0) is 11.2. The molecule has 1 aliphatic rings. The van der Waals surface area contributed by atoms with Gasteiger partial charge in [-0.3, -0.25) is 0 Å². The lowest BCUT2D eigenvalue weighted by Gasteiger charge is -2.13. The Morgan fingerprint density at radius 3 is 2.50 bits per heavy atom. The second kappa shape index (κ2) is 5.69. The maximum absolute atomic E-state index is 10.3. The van der Waals surface area contributed by atoms with Crippen LogP contribution in [0.15, 0.2) is 24.3 Å². The van der Waals surface area contributed by atoms with E-state index in [-0.39, 0.29) is 0 Å². The lowest BCUT2D eigenvalue weighted by molar-refractivity contribution is -0.107. The van der Waals surface area contributed by atoms with Gasteiger partial charge in [0.15, 0.2) is 0 Å². The van der Waals surface area contributed by atoms with Crippen LogP contribution >= 0.6 is 0 Å². The van der Waals surface area contributed by atoms with E-state index in [1.54, 1.807) is 0 Å². The molecular formula is C14H18O2. The van der Waals surface area contributed by atoms with Crippen LogP contribution in [0.2, 0.25) is 0 Å². The number of aldehydes is 1. The van der Waals surface area contributed by atoms with Crippen molar-refractivity contribution < 1.29 is 9.53 Å². The highest BCUT2D eigenvalue weighted by Crippen LogP contribution is 2.24. The van der Waals surface area contributed by atoms with Crippen LogP contribution in [0.4, 0.5) is 0 Å². The summed E-state index contributed by atoms with van der Waals surface area (Å²) in [6, 6.07) is 8.12. The number of hydrogen-bond acceptors (Lipinski definition) is 2. The Bertz CT molecular complexity index is 323. The molecule has 1 aliphatic carbocycles. The molecule has 0 amide bonds. The van der Waals surface area contributed by atoms with Gasteiger partial charge >= 0.3 is 0 Å². The first-order valence-corrected chi connectivity index (χ1v) is 6.08. The summed E-state index contributed by atoms with van der Waals surface area (Å²) in [5, 5.41) is 0. The second-order valence-corrected chi connectivity index (χ2v) is 4.37. The minimum absolute atomic E-state index is 0.417. The van der Waals surface area contributed by atoms with E-state index in [2.05, 4.69) is 0 Å². The first kappa shape index (κ1) is 11.2. The predicted molar refractivity (Wildman–Crippen MR) is 63.7 cm³/mol. The molecule has 86 valence electrons. The molecule has 0 N–H and O–H groups in total. The van der Waals surface area contributed by atoms with Crippen molar-refractivity contribution in [2.75, 3.05) is 0 Å². The van der Waals surface area contributed by atoms with Gasteiger partial charge in [0.1, 0.15) is 12.0 Å². The highest BCUT2D eigenvalue weighted by atomic mass is 16.5. The number of rotatable bonds is 5. The molecule has 0 aromatic heterocycles.